The van der Waals surface area contributed by atoms with Gasteiger partial charge in [-0.2, -0.15) is 39.5 Å². The van der Waals surface area contributed by atoms with Crippen LogP contribution in [0.3, 0.4) is 0 Å². The Morgan fingerprint density at radius 3 is 1.97 bits per heavy atom. The normalized spacial score (nSPS) is 15.7. The van der Waals surface area contributed by atoms with Gasteiger partial charge < -0.3 is 9.47 Å². The fourth-order valence-corrected chi connectivity index (χ4v) is 2.42. The van der Waals surface area contributed by atoms with Gasteiger partial charge in [-0.15, -0.1) is 0 Å². The molecule has 0 fully saturated rings. The average molecular weight is 440 g/mol. The number of rotatable bonds is 8. The summed E-state index contributed by atoms with van der Waals surface area (Å²) in [6, 6.07) is 4.33. The van der Waals surface area contributed by atoms with Crippen molar-refractivity contribution < 1.29 is 53.8 Å². The van der Waals surface area contributed by atoms with Crippen molar-refractivity contribution in [2.45, 2.75) is 49.8 Å². The van der Waals surface area contributed by atoms with Gasteiger partial charge in [0.25, 0.3) is 0 Å². The average Bonchev–Trinajstić information content (AvgIpc) is 2.60. The molecule has 0 radical (unpaired) electrons. The fourth-order valence-electron chi connectivity index (χ4n) is 2.42. The SMILES string of the molecule is CCOC(=O)c1cccc(C(C)(CC(F)(F)C(F)(F)C(F)(F)C(F)(F)F)OC)c1. The summed E-state index contributed by atoms with van der Waals surface area (Å²) >= 11 is 0. The monoisotopic (exact) mass is 440 g/mol. The molecule has 1 unspecified atom stereocenters. The first-order valence-corrected chi connectivity index (χ1v) is 8.00. The quantitative estimate of drug-likeness (QED) is 0.391. The Balaban J connectivity index is 3.37. The Kier molecular flexibility index (Phi) is 6.94. The largest absolute Gasteiger partial charge is 0.462 e. The third kappa shape index (κ3) is 4.62. The topological polar surface area (TPSA) is 35.5 Å². The van der Waals surface area contributed by atoms with E-state index in [4.69, 9.17) is 9.47 Å². The molecule has 0 aromatic heterocycles. The molecule has 1 atom stereocenters. The van der Waals surface area contributed by atoms with Crippen molar-refractivity contribution in [2.24, 2.45) is 0 Å². The van der Waals surface area contributed by atoms with Gasteiger partial charge in [0.1, 0.15) is 0 Å². The summed E-state index contributed by atoms with van der Waals surface area (Å²) in [5, 5.41) is 0. The number of hydrogen-bond acceptors (Lipinski definition) is 3. The molecule has 1 aromatic carbocycles. The van der Waals surface area contributed by atoms with Crippen molar-refractivity contribution in [1.82, 2.24) is 0 Å². The third-order valence-corrected chi connectivity index (χ3v) is 4.20. The number of carbonyl (C=O) groups is 1. The van der Waals surface area contributed by atoms with Gasteiger partial charge in [0.15, 0.2) is 0 Å². The lowest BCUT2D eigenvalue weighted by atomic mass is 9.85. The van der Waals surface area contributed by atoms with Crippen LogP contribution in [-0.4, -0.2) is 43.6 Å². The molecule has 12 heteroatoms. The number of carbonyl (C=O) groups excluding carboxylic acids is 1. The second-order valence-corrected chi connectivity index (χ2v) is 6.26. The van der Waals surface area contributed by atoms with Crippen LogP contribution >= 0.6 is 0 Å². The van der Waals surface area contributed by atoms with Crippen LogP contribution in [0.5, 0.6) is 0 Å². The molecule has 0 N–H and O–H groups in total. The third-order valence-electron chi connectivity index (χ3n) is 4.20. The molecule has 3 nitrogen and oxygen atoms in total. The molecule has 0 spiro atoms. The number of methoxy groups -OCH3 is 1. The van der Waals surface area contributed by atoms with Gasteiger partial charge in [0.2, 0.25) is 0 Å². The highest BCUT2D eigenvalue weighted by atomic mass is 19.4. The molecule has 0 saturated heterocycles. The summed E-state index contributed by atoms with van der Waals surface area (Å²) in [4.78, 5) is 11.7. The minimum Gasteiger partial charge on any atom is -0.462 e. The zero-order valence-electron chi connectivity index (χ0n) is 15.4. The molecule has 0 amide bonds. The maximum absolute atomic E-state index is 14.1. The van der Waals surface area contributed by atoms with Gasteiger partial charge in [-0.05, 0) is 31.5 Å². The van der Waals surface area contributed by atoms with Crippen LogP contribution in [0.2, 0.25) is 0 Å². The van der Waals surface area contributed by atoms with Gasteiger partial charge in [0, 0.05) is 7.11 Å². The van der Waals surface area contributed by atoms with E-state index < -0.39 is 41.9 Å². The predicted octanol–water partition coefficient (Wildman–Crippen LogP) is 5.58. The Hall–Kier alpha value is -1.98. The molecule has 0 saturated carbocycles. The molecule has 166 valence electrons. The lowest BCUT2D eigenvalue weighted by Crippen LogP contribution is -2.62. The van der Waals surface area contributed by atoms with Crippen molar-refractivity contribution >= 4 is 5.97 Å². The highest BCUT2D eigenvalue weighted by molar-refractivity contribution is 5.89. The molecule has 1 aromatic rings. The molecule has 29 heavy (non-hydrogen) atoms. The summed E-state index contributed by atoms with van der Waals surface area (Å²) in [6.07, 6.45) is -9.14. The van der Waals surface area contributed by atoms with Crippen molar-refractivity contribution in [1.29, 1.82) is 0 Å². The fraction of sp³-hybridized carbons (Fsp3) is 0.588. The Morgan fingerprint density at radius 1 is 0.966 bits per heavy atom. The van der Waals surface area contributed by atoms with E-state index in [0.717, 1.165) is 32.2 Å². The highest BCUT2D eigenvalue weighted by Crippen LogP contribution is 2.56. The van der Waals surface area contributed by atoms with Crippen LogP contribution in [0, 0.1) is 0 Å². The smallest absolute Gasteiger partial charge is 0.460 e. The summed E-state index contributed by atoms with van der Waals surface area (Å²) in [5.74, 6) is -20.5. The van der Waals surface area contributed by atoms with E-state index in [0.29, 0.717) is 0 Å². The number of benzene rings is 1. The lowest BCUT2D eigenvalue weighted by Gasteiger charge is -2.38. The lowest BCUT2D eigenvalue weighted by molar-refractivity contribution is -0.400. The van der Waals surface area contributed by atoms with Crippen LogP contribution in [0.4, 0.5) is 39.5 Å². The minimum absolute atomic E-state index is 0.0403. The number of halogens is 9. The minimum atomic E-state index is -7.00. The van der Waals surface area contributed by atoms with E-state index >= 15 is 0 Å². The van der Waals surface area contributed by atoms with Gasteiger partial charge in [-0.1, -0.05) is 12.1 Å². The van der Waals surface area contributed by atoms with Gasteiger partial charge in [-0.25, -0.2) is 4.79 Å². The predicted molar refractivity (Wildman–Crippen MR) is 82.3 cm³/mol. The molecule has 1 rings (SSSR count). The molecule has 0 aliphatic carbocycles. The molecule has 0 aliphatic heterocycles. The van der Waals surface area contributed by atoms with Crippen LogP contribution in [0.1, 0.15) is 36.2 Å². The van der Waals surface area contributed by atoms with E-state index in [2.05, 4.69) is 0 Å². The van der Waals surface area contributed by atoms with E-state index in [9.17, 15) is 44.3 Å². The summed E-state index contributed by atoms with van der Waals surface area (Å²) < 4.78 is 128. The number of alkyl halides is 9. The summed E-state index contributed by atoms with van der Waals surface area (Å²) in [7, 11) is 0.771. The van der Waals surface area contributed by atoms with E-state index in [-0.39, 0.29) is 17.7 Å². The molecular weight excluding hydrogens is 423 g/mol. The van der Waals surface area contributed by atoms with E-state index in [1.807, 2.05) is 0 Å². The van der Waals surface area contributed by atoms with E-state index in [1.165, 1.54) is 13.0 Å². The van der Waals surface area contributed by atoms with Gasteiger partial charge in [-0.3, -0.25) is 0 Å². The molecule has 0 heterocycles. The summed E-state index contributed by atoms with van der Waals surface area (Å²) in [5.41, 5.74) is -2.98. The first-order valence-electron chi connectivity index (χ1n) is 8.00. The first kappa shape index (κ1) is 25.1. The summed E-state index contributed by atoms with van der Waals surface area (Å²) in [6.45, 7) is 2.22. The standard InChI is InChI=1S/C17H17F9O3/c1-4-29-12(27)10-6-5-7-11(8-10)13(2,28-3)9-14(18,19)15(20,21)16(22,23)17(24,25)26/h5-8H,4,9H2,1-3H3. The maximum atomic E-state index is 14.1. The van der Waals surface area contributed by atoms with Gasteiger partial charge >= 0.3 is 29.9 Å². The van der Waals surface area contributed by atoms with E-state index in [1.54, 1.807) is 0 Å². The number of ether oxygens (including phenoxy) is 2. The second-order valence-electron chi connectivity index (χ2n) is 6.26. The van der Waals surface area contributed by atoms with Crippen molar-refractivity contribution in [3.63, 3.8) is 0 Å². The van der Waals surface area contributed by atoms with Crippen LogP contribution in [-0.2, 0) is 15.1 Å². The molecule has 0 aliphatic rings. The zero-order chi connectivity index (χ0) is 22.9. The highest BCUT2D eigenvalue weighted by Gasteiger charge is 2.82. The Labute approximate surface area is 159 Å². The second kappa shape index (κ2) is 8.04. The molecular formula is C17H17F9O3. The number of hydrogen-bond donors (Lipinski definition) is 0. The Morgan fingerprint density at radius 2 is 1.52 bits per heavy atom. The van der Waals surface area contributed by atoms with Crippen LogP contribution in [0.15, 0.2) is 24.3 Å². The van der Waals surface area contributed by atoms with Crippen LogP contribution in [0.25, 0.3) is 0 Å². The number of esters is 1. The molecule has 0 bridgehead atoms. The van der Waals surface area contributed by atoms with Crippen molar-refractivity contribution in [3.8, 4) is 0 Å². The maximum Gasteiger partial charge on any atom is 0.460 e. The Bertz CT molecular complexity index is 731. The first-order chi connectivity index (χ1) is 13.0. The van der Waals surface area contributed by atoms with Crippen molar-refractivity contribution in [2.75, 3.05) is 13.7 Å². The zero-order valence-corrected chi connectivity index (χ0v) is 15.4. The van der Waals surface area contributed by atoms with Gasteiger partial charge in [0.05, 0.1) is 24.2 Å². The van der Waals surface area contributed by atoms with Crippen LogP contribution < -0.4 is 0 Å². The van der Waals surface area contributed by atoms with Crippen molar-refractivity contribution in [3.05, 3.63) is 35.4 Å².